The Morgan fingerprint density at radius 1 is 1.22 bits per heavy atom. The molecule has 4 rings (SSSR count). The zero-order valence-corrected chi connectivity index (χ0v) is 19.0. The Bertz CT molecular complexity index is 1090. The minimum atomic E-state index is -0.509. The number of halogens is 1. The van der Waals surface area contributed by atoms with Crippen molar-refractivity contribution in [1.82, 2.24) is 14.9 Å². The molecule has 0 bridgehead atoms. The molecule has 3 aromatic rings. The van der Waals surface area contributed by atoms with E-state index in [1.54, 1.807) is 12.1 Å². The highest BCUT2D eigenvalue weighted by Crippen LogP contribution is 2.28. The summed E-state index contributed by atoms with van der Waals surface area (Å²) in [7, 11) is 0. The van der Waals surface area contributed by atoms with Gasteiger partial charge in [0.2, 0.25) is 5.95 Å². The van der Waals surface area contributed by atoms with Crippen molar-refractivity contribution in [2.24, 2.45) is 5.92 Å². The molecule has 1 unspecified atom stereocenters. The van der Waals surface area contributed by atoms with Crippen LogP contribution < -0.4 is 10.2 Å². The summed E-state index contributed by atoms with van der Waals surface area (Å²) >= 11 is 0. The molecule has 1 amide bonds. The van der Waals surface area contributed by atoms with Gasteiger partial charge in [0.05, 0.1) is 17.6 Å². The summed E-state index contributed by atoms with van der Waals surface area (Å²) in [5.41, 5.74) is 2.34. The molecule has 1 fully saturated rings. The molecule has 1 N–H and O–H groups in total. The van der Waals surface area contributed by atoms with E-state index in [1.807, 2.05) is 45.0 Å². The van der Waals surface area contributed by atoms with Gasteiger partial charge in [-0.25, -0.2) is 14.2 Å². The number of ether oxygens (including phenoxy) is 1. The quantitative estimate of drug-likeness (QED) is 0.611. The molecular weight excluding hydrogens is 407 g/mol. The van der Waals surface area contributed by atoms with Crippen LogP contribution in [0.5, 0.6) is 0 Å². The Kier molecular flexibility index (Phi) is 6.35. The van der Waals surface area contributed by atoms with E-state index in [9.17, 15) is 9.18 Å². The van der Waals surface area contributed by atoms with E-state index in [4.69, 9.17) is 9.72 Å². The van der Waals surface area contributed by atoms with Crippen LogP contribution in [0.3, 0.4) is 0 Å². The van der Waals surface area contributed by atoms with Crippen molar-refractivity contribution in [3.63, 3.8) is 0 Å². The second-order valence-electron chi connectivity index (χ2n) is 9.45. The van der Waals surface area contributed by atoms with Crippen LogP contribution in [0, 0.1) is 11.7 Å². The highest BCUT2D eigenvalue weighted by molar-refractivity contribution is 5.79. The fourth-order valence-electron chi connectivity index (χ4n) is 4.23. The fourth-order valence-corrected chi connectivity index (χ4v) is 4.23. The molecule has 1 saturated heterocycles. The van der Waals surface area contributed by atoms with Crippen LogP contribution in [0.15, 0.2) is 48.5 Å². The summed E-state index contributed by atoms with van der Waals surface area (Å²) < 4.78 is 21.3. The van der Waals surface area contributed by atoms with Gasteiger partial charge in [0.1, 0.15) is 11.4 Å². The highest BCUT2D eigenvalue weighted by atomic mass is 19.1. The molecule has 0 spiro atoms. The van der Waals surface area contributed by atoms with Crippen LogP contribution >= 0.6 is 0 Å². The summed E-state index contributed by atoms with van der Waals surface area (Å²) in [6.45, 7) is 8.38. The number of nitrogens with one attached hydrogen (secondary N) is 1. The standard InChI is InChI=1S/C25H31FN4O2/c1-25(2,3)32-24(31)27-15-19-9-7-13-29(16-19)23-28-21-11-4-5-12-22(21)30(23)17-18-8-6-10-20(26)14-18/h4-6,8,10-12,14,19H,7,9,13,15-17H2,1-3H3,(H,27,31). The number of hydrogen-bond acceptors (Lipinski definition) is 4. The SMILES string of the molecule is CC(C)(C)OC(=O)NCC1CCCN(c2nc3ccccc3n2Cc2cccc(F)c2)C1. The maximum absolute atomic E-state index is 13.8. The molecule has 1 aliphatic heterocycles. The summed E-state index contributed by atoms with van der Waals surface area (Å²) in [4.78, 5) is 19.3. The number of rotatable bonds is 5. The van der Waals surface area contributed by atoms with Crippen molar-refractivity contribution in [1.29, 1.82) is 0 Å². The molecule has 2 aromatic carbocycles. The maximum Gasteiger partial charge on any atom is 0.407 e. The smallest absolute Gasteiger partial charge is 0.407 e. The van der Waals surface area contributed by atoms with Crippen molar-refractivity contribution < 1.29 is 13.9 Å². The molecule has 1 aliphatic rings. The zero-order valence-electron chi connectivity index (χ0n) is 19.0. The van der Waals surface area contributed by atoms with E-state index in [2.05, 4.69) is 20.9 Å². The summed E-state index contributed by atoms with van der Waals surface area (Å²) in [6.07, 6.45) is 1.67. The minimum Gasteiger partial charge on any atom is -0.444 e. The third-order valence-electron chi connectivity index (χ3n) is 5.60. The van der Waals surface area contributed by atoms with E-state index in [0.717, 1.165) is 48.5 Å². The van der Waals surface area contributed by atoms with Crippen LogP contribution in [0.25, 0.3) is 11.0 Å². The third-order valence-corrected chi connectivity index (χ3v) is 5.60. The van der Waals surface area contributed by atoms with E-state index in [-0.39, 0.29) is 11.9 Å². The molecule has 1 aromatic heterocycles. The zero-order chi connectivity index (χ0) is 22.7. The lowest BCUT2D eigenvalue weighted by Crippen LogP contribution is -2.43. The monoisotopic (exact) mass is 438 g/mol. The predicted molar refractivity (Wildman–Crippen MR) is 124 cm³/mol. The molecule has 6 nitrogen and oxygen atoms in total. The van der Waals surface area contributed by atoms with E-state index >= 15 is 0 Å². The van der Waals surface area contributed by atoms with Gasteiger partial charge in [0.25, 0.3) is 0 Å². The molecule has 0 aliphatic carbocycles. The Balaban J connectivity index is 1.53. The van der Waals surface area contributed by atoms with Crippen molar-refractivity contribution in [2.75, 3.05) is 24.5 Å². The number of benzene rings is 2. The van der Waals surface area contributed by atoms with Crippen LogP contribution in [0.4, 0.5) is 15.1 Å². The summed E-state index contributed by atoms with van der Waals surface area (Å²) in [5.74, 6) is 0.954. The van der Waals surface area contributed by atoms with Gasteiger partial charge < -0.3 is 19.5 Å². The Hall–Kier alpha value is -3.09. The first-order valence-electron chi connectivity index (χ1n) is 11.2. The number of para-hydroxylation sites is 2. The van der Waals surface area contributed by atoms with E-state index in [0.29, 0.717) is 19.0 Å². The van der Waals surface area contributed by atoms with Gasteiger partial charge in [-0.3, -0.25) is 0 Å². The minimum absolute atomic E-state index is 0.236. The van der Waals surface area contributed by atoms with Crippen molar-refractivity contribution in [3.8, 4) is 0 Å². The van der Waals surface area contributed by atoms with Gasteiger partial charge in [-0.2, -0.15) is 0 Å². The number of carbonyl (C=O) groups excluding carboxylic acids is 1. The van der Waals surface area contributed by atoms with Gasteiger partial charge in [-0.1, -0.05) is 24.3 Å². The highest BCUT2D eigenvalue weighted by Gasteiger charge is 2.26. The fraction of sp³-hybridized carbons (Fsp3) is 0.440. The number of anilines is 1. The van der Waals surface area contributed by atoms with Crippen molar-refractivity contribution >= 4 is 23.1 Å². The first-order chi connectivity index (χ1) is 15.3. The molecule has 32 heavy (non-hydrogen) atoms. The normalized spacial score (nSPS) is 16.9. The number of piperidine rings is 1. The largest absolute Gasteiger partial charge is 0.444 e. The third kappa shape index (κ3) is 5.39. The van der Waals surface area contributed by atoms with Gasteiger partial charge in [0, 0.05) is 19.6 Å². The molecule has 170 valence electrons. The van der Waals surface area contributed by atoms with Gasteiger partial charge in [-0.05, 0) is 69.4 Å². The Morgan fingerprint density at radius 3 is 2.81 bits per heavy atom. The number of aromatic nitrogens is 2. The van der Waals surface area contributed by atoms with Crippen molar-refractivity contribution in [2.45, 2.75) is 45.8 Å². The molecule has 7 heteroatoms. The molecule has 2 heterocycles. The van der Waals surface area contributed by atoms with Crippen LogP contribution in [-0.4, -0.2) is 40.9 Å². The van der Waals surface area contributed by atoms with Crippen LogP contribution in [0.2, 0.25) is 0 Å². The molecule has 1 atom stereocenters. The molecular formula is C25H31FN4O2. The average Bonchev–Trinajstić information content (AvgIpc) is 3.10. The first kappa shape index (κ1) is 22.1. The lowest BCUT2D eigenvalue weighted by Gasteiger charge is -2.34. The van der Waals surface area contributed by atoms with Gasteiger partial charge in [0.15, 0.2) is 0 Å². The predicted octanol–water partition coefficient (Wildman–Crippen LogP) is 4.96. The first-order valence-corrected chi connectivity index (χ1v) is 11.2. The Labute approximate surface area is 188 Å². The second-order valence-corrected chi connectivity index (χ2v) is 9.45. The summed E-state index contributed by atoms with van der Waals surface area (Å²) in [6, 6.07) is 14.7. The lowest BCUT2D eigenvalue weighted by molar-refractivity contribution is 0.0517. The topological polar surface area (TPSA) is 59.4 Å². The second kappa shape index (κ2) is 9.18. The number of amides is 1. The van der Waals surface area contributed by atoms with Crippen molar-refractivity contribution in [3.05, 3.63) is 59.9 Å². The van der Waals surface area contributed by atoms with Crippen LogP contribution in [-0.2, 0) is 11.3 Å². The van der Waals surface area contributed by atoms with E-state index in [1.165, 1.54) is 6.07 Å². The molecule has 0 radical (unpaired) electrons. The van der Waals surface area contributed by atoms with Gasteiger partial charge in [-0.15, -0.1) is 0 Å². The average molecular weight is 439 g/mol. The number of hydrogen-bond donors (Lipinski definition) is 1. The lowest BCUT2D eigenvalue weighted by atomic mass is 9.98. The number of imidazole rings is 1. The Morgan fingerprint density at radius 2 is 2.03 bits per heavy atom. The maximum atomic E-state index is 13.8. The van der Waals surface area contributed by atoms with Crippen LogP contribution in [0.1, 0.15) is 39.2 Å². The summed E-state index contributed by atoms with van der Waals surface area (Å²) in [5, 5.41) is 2.91. The van der Waals surface area contributed by atoms with Gasteiger partial charge >= 0.3 is 6.09 Å². The number of fused-ring (bicyclic) bond motifs is 1. The molecule has 0 saturated carbocycles. The number of carbonyl (C=O) groups is 1. The number of alkyl carbamates (subject to hydrolysis) is 1. The number of nitrogens with zero attached hydrogens (tertiary/aromatic N) is 3. The van der Waals surface area contributed by atoms with E-state index < -0.39 is 5.60 Å².